The van der Waals surface area contributed by atoms with Crippen molar-refractivity contribution in [1.29, 1.82) is 0 Å². The van der Waals surface area contributed by atoms with Crippen LogP contribution in [0.25, 0.3) is 0 Å². The Kier molecular flexibility index (Phi) is 10.5. The van der Waals surface area contributed by atoms with Gasteiger partial charge in [0.15, 0.2) is 0 Å². The van der Waals surface area contributed by atoms with E-state index in [9.17, 15) is 30.0 Å². The van der Waals surface area contributed by atoms with Gasteiger partial charge in [0.05, 0.1) is 24.1 Å². The third-order valence-corrected chi connectivity index (χ3v) is 5.65. The molecule has 1 aliphatic rings. The molecule has 1 aliphatic heterocycles. The van der Waals surface area contributed by atoms with Crippen LogP contribution in [-0.2, 0) is 4.79 Å². The van der Waals surface area contributed by atoms with Crippen molar-refractivity contribution in [3.63, 3.8) is 0 Å². The van der Waals surface area contributed by atoms with Gasteiger partial charge in [-0.1, -0.05) is 0 Å². The number of thioether (sulfide) groups is 1. The van der Waals surface area contributed by atoms with Crippen molar-refractivity contribution < 1.29 is 30.0 Å². The molecular formula is C17H34N4O6S. The van der Waals surface area contributed by atoms with Crippen molar-refractivity contribution in [2.75, 3.05) is 32.8 Å². The van der Waals surface area contributed by atoms with Gasteiger partial charge in [-0.05, 0) is 20.8 Å². The van der Waals surface area contributed by atoms with Gasteiger partial charge >= 0.3 is 6.03 Å². The van der Waals surface area contributed by atoms with E-state index < -0.39 is 28.8 Å². The molecule has 0 bridgehead atoms. The Bertz CT molecular complexity index is 503. The van der Waals surface area contributed by atoms with Crippen molar-refractivity contribution in [2.24, 2.45) is 0 Å². The lowest BCUT2D eigenvalue weighted by atomic mass is 9.99. The first-order valence-corrected chi connectivity index (χ1v) is 10.3. The van der Waals surface area contributed by atoms with Crippen LogP contribution in [-0.4, -0.2) is 99.5 Å². The van der Waals surface area contributed by atoms with E-state index in [0.717, 1.165) is 11.8 Å². The molecule has 0 radical (unpaired) electrons. The van der Waals surface area contributed by atoms with Gasteiger partial charge in [-0.3, -0.25) is 4.79 Å². The van der Waals surface area contributed by atoms with Crippen LogP contribution < -0.4 is 21.3 Å². The normalized spacial score (nSPS) is 27.9. The van der Waals surface area contributed by atoms with Crippen LogP contribution in [0.5, 0.6) is 0 Å². The van der Waals surface area contributed by atoms with Crippen molar-refractivity contribution in [3.8, 4) is 0 Å². The summed E-state index contributed by atoms with van der Waals surface area (Å²) in [6, 6.07) is -0.236. The predicted molar refractivity (Wildman–Crippen MR) is 107 cm³/mol. The maximum absolute atomic E-state index is 12.0. The third kappa shape index (κ3) is 8.93. The first kappa shape index (κ1) is 24.9. The first-order chi connectivity index (χ1) is 13.0. The number of aliphatic hydroxyl groups is 4. The fourth-order valence-corrected chi connectivity index (χ4v) is 4.09. The summed E-state index contributed by atoms with van der Waals surface area (Å²) < 4.78 is 0. The van der Waals surface area contributed by atoms with Gasteiger partial charge in [0.25, 0.3) is 0 Å². The number of amides is 3. The Labute approximate surface area is 169 Å². The molecule has 0 spiro atoms. The molecule has 8 N–H and O–H groups in total. The molecule has 28 heavy (non-hydrogen) atoms. The third-order valence-electron chi connectivity index (χ3n) is 4.08. The molecule has 1 heterocycles. The zero-order valence-corrected chi connectivity index (χ0v) is 17.5. The summed E-state index contributed by atoms with van der Waals surface area (Å²) in [6.07, 6.45) is -3.88. The number of carbonyl (C=O) groups is 2. The predicted octanol–water partition coefficient (Wildman–Crippen LogP) is -2.26. The standard InChI is InChI=1S/C17H34N4O6S/c1-17(2,3)21-16(27)20-7-5-18-4-6-19-12(23)8-10-13(24)15(26)14(25)11(9-22)28-10/h10-11,13-15,18,22,24-26H,4-9H2,1-3H3,(H,19,23)(H2,20,21,27)/t10-,11+,13-,14-,15+/m0/s1. The maximum Gasteiger partial charge on any atom is 0.315 e. The van der Waals surface area contributed by atoms with Crippen molar-refractivity contribution in [3.05, 3.63) is 0 Å². The van der Waals surface area contributed by atoms with Crippen molar-refractivity contribution in [2.45, 2.75) is 61.5 Å². The number of urea groups is 1. The molecule has 3 amide bonds. The molecule has 5 atom stereocenters. The Hall–Kier alpha value is -1.11. The maximum atomic E-state index is 12.0. The summed E-state index contributed by atoms with van der Waals surface area (Å²) in [6.45, 7) is 7.21. The lowest BCUT2D eigenvalue weighted by molar-refractivity contribution is -0.122. The van der Waals surface area contributed by atoms with E-state index in [2.05, 4.69) is 21.3 Å². The minimum Gasteiger partial charge on any atom is -0.395 e. The number of nitrogens with one attached hydrogen (secondary N) is 4. The lowest BCUT2D eigenvalue weighted by Crippen LogP contribution is -2.54. The van der Waals surface area contributed by atoms with Crippen LogP contribution in [0.2, 0.25) is 0 Å². The molecule has 1 saturated heterocycles. The molecule has 0 unspecified atom stereocenters. The minimum atomic E-state index is -1.39. The van der Waals surface area contributed by atoms with Gasteiger partial charge in [0.1, 0.15) is 6.10 Å². The zero-order chi connectivity index (χ0) is 21.3. The molecule has 1 rings (SSSR count). The average Bonchev–Trinajstić information content (AvgIpc) is 2.59. The van der Waals surface area contributed by atoms with Gasteiger partial charge in [-0.25, -0.2) is 4.79 Å². The summed E-state index contributed by atoms with van der Waals surface area (Å²) in [5.41, 5.74) is -0.294. The van der Waals surface area contributed by atoms with E-state index in [1.54, 1.807) is 0 Å². The Morgan fingerprint density at radius 1 is 0.893 bits per heavy atom. The van der Waals surface area contributed by atoms with Gasteiger partial charge in [0.2, 0.25) is 5.91 Å². The lowest BCUT2D eigenvalue weighted by Gasteiger charge is -2.39. The highest BCUT2D eigenvalue weighted by atomic mass is 32.2. The summed E-state index contributed by atoms with van der Waals surface area (Å²) in [5, 5.41) is 48.9. The second kappa shape index (κ2) is 11.8. The zero-order valence-electron chi connectivity index (χ0n) is 16.6. The first-order valence-electron chi connectivity index (χ1n) is 9.39. The van der Waals surface area contributed by atoms with Crippen LogP contribution in [0.4, 0.5) is 4.79 Å². The number of hydrogen-bond donors (Lipinski definition) is 8. The second-order valence-electron chi connectivity index (χ2n) is 7.80. The molecule has 0 aliphatic carbocycles. The highest BCUT2D eigenvalue weighted by Crippen LogP contribution is 2.34. The number of carbonyl (C=O) groups excluding carboxylic acids is 2. The molecule has 0 aromatic carbocycles. The Morgan fingerprint density at radius 2 is 1.46 bits per heavy atom. The van der Waals surface area contributed by atoms with E-state index >= 15 is 0 Å². The fourth-order valence-electron chi connectivity index (χ4n) is 2.67. The topological polar surface area (TPSA) is 163 Å². The van der Waals surface area contributed by atoms with Crippen LogP contribution in [0.1, 0.15) is 27.2 Å². The van der Waals surface area contributed by atoms with Gasteiger partial charge < -0.3 is 41.7 Å². The van der Waals surface area contributed by atoms with Gasteiger partial charge in [-0.2, -0.15) is 0 Å². The van der Waals surface area contributed by atoms with E-state index in [0.29, 0.717) is 26.2 Å². The summed E-state index contributed by atoms with van der Waals surface area (Å²) >= 11 is 1.10. The molecule has 11 heteroatoms. The van der Waals surface area contributed by atoms with E-state index in [4.69, 9.17) is 0 Å². The minimum absolute atomic E-state index is 0.0271. The van der Waals surface area contributed by atoms with Crippen LogP contribution in [0.15, 0.2) is 0 Å². The molecule has 0 aromatic rings. The molecule has 1 fully saturated rings. The van der Waals surface area contributed by atoms with Gasteiger partial charge in [-0.15, -0.1) is 11.8 Å². The smallest absolute Gasteiger partial charge is 0.315 e. The highest BCUT2D eigenvalue weighted by Gasteiger charge is 2.43. The largest absolute Gasteiger partial charge is 0.395 e. The summed E-state index contributed by atoms with van der Waals surface area (Å²) in [4.78, 5) is 23.6. The number of rotatable bonds is 9. The summed E-state index contributed by atoms with van der Waals surface area (Å²) in [5.74, 6) is -0.290. The van der Waals surface area contributed by atoms with Crippen molar-refractivity contribution in [1.82, 2.24) is 21.3 Å². The molecular weight excluding hydrogens is 388 g/mol. The average molecular weight is 423 g/mol. The van der Waals surface area contributed by atoms with E-state index in [1.165, 1.54) is 0 Å². The van der Waals surface area contributed by atoms with Gasteiger partial charge in [0, 0.05) is 43.4 Å². The Balaban J connectivity index is 2.16. The van der Waals surface area contributed by atoms with E-state index in [-0.39, 0.29) is 30.5 Å². The quantitative estimate of drug-likeness (QED) is 0.193. The molecule has 0 aromatic heterocycles. The van der Waals surface area contributed by atoms with Crippen LogP contribution in [0.3, 0.4) is 0 Å². The Morgan fingerprint density at radius 3 is 2.04 bits per heavy atom. The van der Waals surface area contributed by atoms with Crippen LogP contribution >= 0.6 is 11.8 Å². The fraction of sp³-hybridized carbons (Fsp3) is 0.882. The SMILES string of the molecule is CC(C)(C)NC(=O)NCCNCCNC(=O)C[C@@H]1S[C@H](CO)[C@H](O)[C@H](O)[C@H]1O. The van der Waals surface area contributed by atoms with E-state index in [1.807, 2.05) is 20.8 Å². The monoisotopic (exact) mass is 422 g/mol. The molecule has 0 saturated carbocycles. The number of aliphatic hydroxyl groups excluding tert-OH is 4. The molecule has 10 nitrogen and oxygen atoms in total. The summed E-state index contributed by atoms with van der Waals surface area (Å²) in [7, 11) is 0. The molecule has 164 valence electrons. The van der Waals surface area contributed by atoms with Crippen LogP contribution in [0, 0.1) is 0 Å². The highest BCUT2D eigenvalue weighted by molar-refractivity contribution is 8.00. The number of hydrogen-bond acceptors (Lipinski definition) is 8. The van der Waals surface area contributed by atoms with Crippen molar-refractivity contribution >= 4 is 23.7 Å². The second-order valence-corrected chi connectivity index (χ2v) is 9.29.